The van der Waals surface area contributed by atoms with Gasteiger partial charge in [0.25, 0.3) is 0 Å². The van der Waals surface area contributed by atoms with Gasteiger partial charge in [0.05, 0.1) is 24.4 Å². The summed E-state index contributed by atoms with van der Waals surface area (Å²) in [5, 5.41) is 8.09. The van der Waals surface area contributed by atoms with Gasteiger partial charge in [-0.3, -0.25) is 4.68 Å². The van der Waals surface area contributed by atoms with Crippen LogP contribution in [0.25, 0.3) is 0 Å². The number of nitrogens with zero attached hydrogens (tertiary/aromatic N) is 2. The van der Waals surface area contributed by atoms with Crippen molar-refractivity contribution in [1.82, 2.24) is 15.1 Å². The van der Waals surface area contributed by atoms with Crippen molar-refractivity contribution in [2.24, 2.45) is 5.92 Å². The van der Waals surface area contributed by atoms with E-state index in [0.29, 0.717) is 18.1 Å². The fraction of sp³-hybridized carbons (Fsp3) is 0.812. The zero-order valence-electron chi connectivity index (χ0n) is 13.6. The van der Waals surface area contributed by atoms with Crippen LogP contribution in [0.3, 0.4) is 0 Å². The standard InChI is InChI=1S/C16H29N3O/c1-11(2)8-17-9-15-6-7-16(20-15)10-19-14(5)12(3)13(4)18-19/h11,15-17H,6-10H2,1-5H3. The van der Waals surface area contributed by atoms with Crippen LogP contribution >= 0.6 is 0 Å². The van der Waals surface area contributed by atoms with Crippen molar-refractivity contribution < 1.29 is 4.74 Å². The molecule has 1 fully saturated rings. The van der Waals surface area contributed by atoms with Gasteiger partial charge in [-0.15, -0.1) is 0 Å². The van der Waals surface area contributed by atoms with Gasteiger partial charge in [0.1, 0.15) is 0 Å². The summed E-state index contributed by atoms with van der Waals surface area (Å²) in [7, 11) is 0. The molecule has 0 amide bonds. The molecule has 2 unspecified atom stereocenters. The van der Waals surface area contributed by atoms with Crippen molar-refractivity contribution in [3.8, 4) is 0 Å². The Morgan fingerprint density at radius 1 is 1.25 bits per heavy atom. The molecule has 1 saturated heterocycles. The first-order valence-corrected chi connectivity index (χ1v) is 7.84. The van der Waals surface area contributed by atoms with Gasteiger partial charge in [-0.2, -0.15) is 5.10 Å². The molecule has 0 spiro atoms. The minimum atomic E-state index is 0.318. The highest BCUT2D eigenvalue weighted by atomic mass is 16.5. The first-order chi connectivity index (χ1) is 9.47. The van der Waals surface area contributed by atoms with Gasteiger partial charge in [0, 0.05) is 12.2 Å². The van der Waals surface area contributed by atoms with E-state index in [0.717, 1.165) is 38.2 Å². The van der Waals surface area contributed by atoms with E-state index < -0.39 is 0 Å². The van der Waals surface area contributed by atoms with Crippen molar-refractivity contribution >= 4 is 0 Å². The molecule has 1 aromatic rings. The van der Waals surface area contributed by atoms with Crippen LogP contribution in [0.4, 0.5) is 0 Å². The second-order valence-corrected chi connectivity index (χ2v) is 6.49. The van der Waals surface area contributed by atoms with E-state index in [2.05, 4.69) is 49.7 Å². The summed E-state index contributed by atoms with van der Waals surface area (Å²) < 4.78 is 8.24. The van der Waals surface area contributed by atoms with Gasteiger partial charge in [-0.1, -0.05) is 13.8 Å². The largest absolute Gasteiger partial charge is 0.372 e. The zero-order chi connectivity index (χ0) is 14.7. The summed E-state index contributed by atoms with van der Waals surface area (Å²) in [4.78, 5) is 0. The Labute approximate surface area is 122 Å². The Balaban J connectivity index is 1.79. The first kappa shape index (κ1) is 15.5. The molecule has 2 atom stereocenters. The topological polar surface area (TPSA) is 39.1 Å². The Morgan fingerprint density at radius 3 is 2.55 bits per heavy atom. The monoisotopic (exact) mass is 279 g/mol. The van der Waals surface area contributed by atoms with Crippen LogP contribution in [0.2, 0.25) is 0 Å². The Kier molecular flexibility index (Phi) is 5.22. The first-order valence-electron chi connectivity index (χ1n) is 7.84. The van der Waals surface area contributed by atoms with Crippen molar-refractivity contribution in [1.29, 1.82) is 0 Å². The number of rotatable bonds is 6. The fourth-order valence-corrected chi connectivity index (χ4v) is 2.75. The smallest absolute Gasteiger partial charge is 0.0776 e. The van der Waals surface area contributed by atoms with E-state index in [1.165, 1.54) is 11.3 Å². The molecule has 0 bridgehead atoms. The van der Waals surface area contributed by atoms with Crippen LogP contribution < -0.4 is 5.32 Å². The highest BCUT2D eigenvalue weighted by molar-refractivity contribution is 5.22. The van der Waals surface area contributed by atoms with Gasteiger partial charge >= 0.3 is 0 Å². The lowest BCUT2D eigenvalue weighted by molar-refractivity contribution is 0.0336. The highest BCUT2D eigenvalue weighted by Gasteiger charge is 2.26. The molecule has 2 heterocycles. The Hall–Kier alpha value is -0.870. The summed E-state index contributed by atoms with van der Waals surface area (Å²) >= 11 is 0. The summed E-state index contributed by atoms with van der Waals surface area (Å²) in [5.41, 5.74) is 3.71. The predicted octanol–water partition coefficient (Wildman–Crippen LogP) is 2.60. The lowest BCUT2D eigenvalue weighted by atomic mass is 10.2. The summed E-state index contributed by atoms with van der Waals surface area (Å²) in [6.45, 7) is 13.8. The molecular weight excluding hydrogens is 250 g/mol. The van der Waals surface area contributed by atoms with Crippen molar-refractivity contribution in [2.45, 2.75) is 66.2 Å². The van der Waals surface area contributed by atoms with Crippen molar-refractivity contribution in [2.75, 3.05) is 13.1 Å². The lowest BCUT2D eigenvalue weighted by Gasteiger charge is -2.16. The van der Waals surface area contributed by atoms with Crippen LogP contribution in [0, 0.1) is 26.7 Å². The Morgan fingerprint density at radius 2 is 1.95 bits per heavy atom. The van der Waals surface area contributed by atoms with E-state index in [1.54, 1.807) is 0 Å². The van der Waals surface area contributed by atoms with Gasteiger partial charge in [0.2, 0.25) is 0 Å². The molecule has 4 nitrogen and oxygen atoms in total. The fourth-order valence-electron chi connectivity index (χ4n) is 2.75. The minimum Gasteiger partial charge on any atom is -0.372 e. The third-order valence-electron chi connectivity index (χ3n) is 4.24. The molecule has 20 heavy (non-hydrogen) atoms. The third kappa shape index (κ3) is 3.83. The van der Waals surface area contributed by atoms with Gasteiger partial charge in [-0.25, -0.2) is 0 Å². The number of ether oxygens (including phenoxy) is 1. The van der Waals surface area contributed by atoms with Crippen LogP contribution in [-0.2, 0) is 11.3 Å². The number of hydrogen-bond acceptors (Lipinski definition) is 3. The summed E-state index contributed by atoms with van der Waals surface area (Å²) in [5.74, 6) is 0.699. The minimum absolute atomic E-state index is 0.318. The molecular formula is C16H29N3O. The van der Waals surface area contributed by atoms with E-state index in [-0.39, 0.29) is 0 Å². The van der Waals surface area contributed by atoms with E-state index in [9.17, 15) is 0 Å². The van der Waals surface area contributed by atoms with Crippen molar-refractivity contribution in [3.63, 3.8) is 0 Å². The summed E-state index contributed by atoms with van der Waals surface area (Å²) in [6, 6.07) is 0. The van der Waals surface area contributed by atoms with Gasteiger partial charge in [0.15, 0.2) is 0 Å². The second-order valence-electron chi connectivity index (χ2n) is 6.49. The molecule has 0 aromatic carbocycles. The van der Waals surface area contributed by atoms with E-state index in [1.807, 2.05) is 0 Å². The quantitative estimate of drug-likeness (QED) is 0.870. The molecule has 114 valence electrons. The van der Waals surface area contributed by atoms with Crippen molar-refractivity contribution in [3.05, 3.63) is 17.0 Å². The average molecular weight is 279 g/mol. The maximum Gasteiger partial charge on any atom is 0.0776 e. The maximum atomic E-state index is 6.13. The molecule has 0 saturated carbocycles. The molecule has 4 heteroatoms. The highest BCUT2D eigenvalue weighted by Crippen LogP contribution is 2.22. The lowest BCUT2D eigenvalue weighted by Crippen LogP contribution is -2.30. The maximum absolute atomic E-state index is 6.13. The van der Waals surface area contributed by atoms with Gasteiger partial charge < -0.3 is 10.1 Å². The van der Waals surface area contributed by atoms with Crippen LogP contribution in [0.5, 0.6) is 0 Å². The predicted molar refractivity (Wildman–Crippen MR) is 82.0 cm³/mol. The Bertz CT molecular complexity index is 439. The molecule has 1 N–H and O–H groups in total. The molecule has 2 rings (SSSR count). The molecule has 1 aliphatic heterocycles. The van der Waals surface area contributed by atoms with Crippen LogP contribution in [0.1, 0.15) is 43.6 Å². The van der Waals surface area contributed by atoms with E-state index >= 15 is 0 Å². The number of aromatic nitrogens is 2. The van der Waals surface area contributed by atoms with Crippen LogP contribution in [0.15, 0.2) is 0 Å². The zero-order valence-corrected chi connectivity index (χ0v) is 13.6. The second kappa shape index (κ2) is 6.72. The van der Waals surface area contributed by atoms with E-state index in [4.69, 9.17) is 4.74 Å². The number of nitrogens with one attached hydrogen (secondary N) is 1. The molecule has 0 aliphatic carbocycles. The molecule has 0 radical (unpaired) electrons. The average Bonchev–Trinajstić information content (AvgIpc) is 2.91. The van der Waals surface area contributed by atoms with Crippen LogP contribution in [-0.4, -0.2) is 35.1 Å². The molecule has 1 aliphatic rings. The normalized spacial score (nSPS) is 22.9. The SMILES string of the molecule is Cc1nn(CC2CCC(CNCC(C)C)O2)c(C)c1C. The molecule has 1 aromatic heterocycles. The number of aryl methyl sites for hydroxylation is 1. The number of hydrogen-bond donors (Lipinski definition) is 1. The third-order valence-corrected chi connectivity index (χ3v) is 4.24. The van der Waals surface area contributed by atoms with Gasteiger partial charge in [-0.05, 0) is 51.6 Å². The summed E-state index contributed by atoms with van der Waals surface area (Å²) in [6.07, 6.45) is 2.99.